The van der Waals surface area contributed by atoms with Crippen molar-refractivity contribution >= 4 is 37.2 Å². The average molecular weight is 452 g/mol. The highest BCUT2D eigenvalue weighted by atomic mass is 35.5. The van der Waals surface area contributed by atoms with E-state index in [2.05, 4.69) is 0 Å². The largest absolute Gasteiger partial charge is 0.394 e. The number of ether oxygens (including phenoxy) is 3. The summed E-state index contributed by atoms with van der Waals surface area (Å²) in [6.07, 6.45) is -15.6. The molecular weight excluding hydrogens is 426 g/mol. The molecule has 160 valence electrons. The van der Waals surface area contributed by atoms with Gasteiger partial charge in [0.25, 0.3) is 0 Å². The Kier molecular flexibility index (Phi) is 13.3. The third-order valence-electron chi connectivity index (χ3n) is 3.97. The Labute approximate surface area is 167 Å². The summed E-state index contributed by atoms with van der Waals surface area (Å²) >= 11 is 0. The van der Waals surface area contributed by atoms with Crippen molar-refractivity contribution in [1.29, 1.82) is 0 Å². The minimum Gasteiger partial charge on any atom is -0.394 e. The van der Waals surface area contributed by atoms with E-state index in [0.717, 1.165) is 0 Å². The first-order chi connectivity index (χ1) is 10.8. The fourth-order valence-corrected chi connectivity index (χ4v) is 2.49. The quantitative estimate of drug-likeness (QED) is 0.207. The predicted molar refractivity (Wildman–Crippen MR) is 90.4 cm³/mol. The molecule has 2 saturated heterocycles. The van der Waals surface area contributed by atoms with Gasteiger partial charge in [0.2, 0.25) is 0 Å². The summed E-state index contributed by atoms with van der Waals surface area (Å²) in [4.78, 5) is 0. The molecule has 0 aromatic heterocycles. The summed E-state index contributed by atoms with van der Waals surface area (Å²) in [5.74, 6) is 0. The predicted octanol–water partition coefficient (Wildman–Crippen LogP) is -4.13. The fourth-order valence-electron chi connectivity index (χ4n) is 2.49. The molecule has 2 aliphatic rings. The summed E-state index contributed by atoms with van der Waals surface area (Å²) < 4.78 is 15.3. The van der Waals surface area contributed by atoms with E-state index in [9.17, 15) is 30.6 Å². The second-order valence-corrected chi connectivity index (χ2v) is 5.53. The topological polar surface area (TPSA) is 190 Å². The Morgan fingerprint density at radius 1 is 0.538 bits per heavy atom. The smallest absolute Gasteiger partial charge is 0.189 e. The van der Waals surface area contributed by atoms with Gasteiger partial charge in [-0.2, -0.15) is 0 Å². The third kappa shape index (κ3) is 5.72. The molecule has 0 bridgehead atoms. The molecule has 0 aliphatic carbocycles. The van der Waals surface area contributed by atoms with Gasteiger partial charge in [-0.1, -0.05) is 0 Å². The van der Waals surface area contributed by atoms with Crippen molar-refractivity contribution in [3.8, 4) is 0 Å². The Hall–Kier alpha value is 0.430. The SMILES string of the molecule is Cl.Cl.Cl.OC[C@H]1O[C@H](O[C@H]2O[C@H](CO)[C@@H](O)[C@H](O)[C@H]2O)[C@H](O)[C@@H](O)[C@@H]1O. The van der Waals surface area contributed by atoms with E-state index < -0.39 is 74.6 Å². The van der Waals surface area contributed by atoms with Crippen LogP contribution in [0.25, 0.3) is 0 Å². The lowest BCUT2D eigenvalue weighted by molar-refractivity contribution is -0.376. The lowest BCUT2D eigenvalue weighted by atomic mass is 9.98. The molecule has 2 fully saturated rings. The van der Waals surface area contributed by atoms with E-state index in [-0.39, 0.29) is 37.2 Å². The zero-order chi connectivity index (χ0) is 17.3. The molecule has 2 aliphatic heterocycles. The molecule has 26 heavy (non-hydrogen) atoms. The lowest BCUT2D eigenvalue weighted by Gasteiger charge is -2.44. The van der Waals surface area contributed by atoms with Gasteiger partial charge >= 0.3 is 0 Å². The van der Waals surface area contributed by atoms with Crippen molar-refractivity contribution in [3.05, 3.63) is 0 Å². The van der Waals surface area contributed by atoms with Crippen molar-refractivity contribution in [3.63, 3.8) is 0 Å². The summed E-state index contributed by atoms with van der Waals surface area (Å²) in [5.41, 5.74) is 0. The van der Waals surface area contributed by atoms with Crippen LogP contribution < -0.4 is 0 Å². The van der Waals surface area contributed by atoms with Crippen molar-refractivity contribution in [1.82, 2.24) is 0 Å². The highest BCUT2D eigenvalue weighted by Crippen LogP contribution is 2.27. The Morgan fingerprint density at radius 2 is 0.846 bits per heavy atom. The van der Waals surface area contributed by atoms with Crippen LogP contribution in [-0.4, -0.2) is 115 Å². The van der Waals surface area contributed by atoms with Gasteiger partial charge in [-0.25, -0.2) is 0 Å². The second-order valence-electron chi connectivity index (χ2n) is 5.53. The molecule has 0 aromatic rings. The highest BCUT2D eigenvalue weighted by molar-refractivity contribution is 5.86. The number of aliphatic hydroxyl groups is 8. The maximum Gasteiger partial charge on any atom is 0.189 e. The van der Waals surface area contributed by atoms with Gasteiger partial charge in [0, 0.05) is 0 Å². The normalized spacial score (nSPS) is 45.7. The first kappa shape index (κ1) is 28.6. The van der Waals surface area contributed by atoms with Crippen LogP contribution in [0.2, 0.25) is 0 Å². The van der Waals surface area contributed by atoms with Gasteiger partial charge in [0.1, 0.15) is 48.8 Å². The Balaban J connectivity index is 0. The summed E-state index contributed by atoms with van der Waals surface area (Å²) in [5, 5.41) is 76.4. The van der Waals surface area contributed by atoms with Crippen LogP contribution >= 0.6 is 37.2 Å². The van der Waals surface area contributed by atoms with Gasteiger partial charge < -0.3 is 55.1 Å². The summed E-state index contributed by atoms with van der Waals surface area (Å²) in [6, 6.07) is 0. The second kappa shape index (κ2) is 12.1. The molecule has 2 heterocycles. The highest BCUT2D eigenvalue weighted by Gasteiger charge is 2.49. The molecule has 0 spiro atoms. The molecular formula is C12H25Cl3O11. The first-order valence-electron chi connectivity index (χ1n) is 7.08. The standard InChI is InChI=1S/C12H22O11.3ClH/c13-1-3-5(15)7(17)9(19)11(21-3)23-12-10(20)8(18)6(16)4(2-14)22-12;;;/h3-20H,1-2H2;3*1H/t3-,4-,5-,6-,7+,8+,9-,10-,11-,12-;;;/m1.../s1. The van der Waals surface area contributed by atoms with Crippen LogP contribution in [-0.2, 0) is 14.2 Å². The summed E-state index contributed by atoms with van der Waals surface area (Å²) in [7, 11) is 0. The van der Waals surface area contributed by atoms with Crippen LogP contribution in [0.3, 0.4) is 0 Å². The molecule has 0 saturated carbocycles. The van der Waals surface area contributed by atoms with Crippen LogP contribution in [0.15, 0.2) is 0 Å². The van der Waals surface area contributed by atoms with Gasteiger partial charge in [-0.3, -0.25) is 0 Å². The molecule has 0 unspecified atom stereocenters. The third-order valence-corrected chi connectivity index (χ3v) is 3.97. The molecule has 11 nitrogen and oxygen atoms in total. The van der Waals surface area contributed by atoms with E-state index in [4.69, 9.17) is 24.4 Å². The van der Waals surface area contributed by atoms with Crippen LogP contribution in [0.4, 0.5) is 0 Å². The zero-order valence-electron chi connectivity index (χ0n) is 13.2. The molecule has 0 amide bonds. The summed E-state index contributed by atoms with van der Waals surface area (Å²) in [6.45, 7) is -1.33. The maximum atomic E-state index is 9.84. The molecule has 14 heteroatoms. The zero-order valence-corrected chi connectivity index (χ0v) is 15.7. The van der Waals surface area contributed by atoms with E-state index >= 15 is 0 Å². The monoisotopic (exact) mass is 450 g/mol. The van der Waals surface area contributed by atoms with E-state index in [0.29, 0.717) is 0 Å². The van der Waals surface area contributed by atoms with Gasteiger partial charge in [0.15, 0.2) is 12.6 Å². The minimum absolute atomic E-state index is 0. The molecule has 0 aromatic carbocycles. The number of aliphatic hydroxyl groups excluding tert-OH is 8. The fraction of sp³-hybridized carbons (Fsp3) is 1.00. The Bertz CT molecular complexity index is 357. The molecule has 10 atom stereocenters. The van der Waals surface area contributed by atoms with Gasteiger partial charge in [0.05, 0.1) is 13.2 Å². The molecule has 8 N–H and O–H groups in total. The van der Waals surface area contributed by atoms with Crippen LogP contribution in [0.1, 0.15) is 0 Å². The molecule has 0 radical (unpaired) electrons. The van der Waals surface area contributed by atoms with Crippen LogP contribution in [0.5, 0.6) is 0 Å². The van der Waals surface area contributed by atoms with Crippen molar-refractivity contribution in [2.24, 2.45) is 0 Å². The number of hydrogen-bond acceptors (Lipinski definition) is 11. The number of halogens is 3. The first-order valence-corrected chi connectivity index (χ1v) is 7.08. The number of hydrogen-bond donors (Lipinski definition) is 8. The van der Waals surface area contributed by atoms with Crippen molar-refractivity contribution in [2.45, 2.75) is 61.4 Å². The van der Waals surface area contributed by atoms with Crippen molar-refractivity contribution < 1.29 is 55.1 Å². The van der Waals surface area contributed by atoms with Crippen molar-refractivity contribution in [2.75, 3.05) is 13.2 Å². The average Bonchev–Trinajstić information content (AvgIpc) is 2.55. The van der Waals surface area contributed by atoms with Crippen LogP contribution in [0, 0.1) is 0 Å². The minimum atomic E-state index is -1.72. The van der Waals surface area contributed by atoms with E-state index in [1.165, 1.54) is 0 Å². The van der Waals surface area contributed by atoms with E-state index in [1.54, 1.807) is 0 Å². The van der Waals surface area contributed by atoms with E-state index in [1.807, 2.05) is 0 Å². The van der Waals surface area contributed by atoms with Gasteiger partial charge in [-0.15, -0.1) is 37.2 Å². The van der Waals surface area contributed by atoms with Gasteiger partial charge in [-0.05, 0) is 0 Å². The number of rotatable bonds is 4. The maximum absolute atomic E-state index is 9.84. The Morgan fingerprint density at radius 3 is 1.12 bits per heavy atom. The lowest BCUT2D eigenvalue weighted by Crippen LogP contribution is -2.63. The molecule has 2 rings (SSSR count).